The van der Waals surface area contributed by atoms with Gasteiger partial charge >= 0.3 is 181 Å². The first-order valence-corrected chi connectivity index (χ1v) is 11.7. The van der Waals surface area contributed by atoms with E-state index >= 15 is 0 Å². The molecule has 0 spiro atoms. The third kappa shape index (κ3) is 4.07. The van der Waals surface area contributed by atoms with Gasteiger partial charge in [0.25, 0.3) is 0 Å². The molecule has 8 heteroatoms. The van der Waals surface area contributed by atoms with E-state index in [0.29, 0.717) is 38.9 Å². The van der Waals surface area contributed by atoms with E-state index in [4.69, 9.17) is 15.2 Å². The molecule has 2 atom stereocenters. The second-order valence-electron chi connectivity index (χ2n) is 6.71. The molecule has 0 saturated carbocycles. The third-order valence-corrected chi connectivity index (χ3v) is 7.38. The SMILES string of the molecule is COc1ccc(-c2cnc3nc([AsH]C(C)c4ccccc4)nc(N)c3n2)cc1OC. The summed E-state index contributed by atoms with van der Waals surface area (Å²) in [5, 5.41) is 0. The number of nitrogens with two attached hydrogens (primary N) is 1. The first-order valence-electron chi connectivity index (χ1n) is 9.43. The molecule has 0 bridgehead atoms. The number of benzene rings is 2. The van der Waals surface area contributed by atoms with E-state index in [1.165, 1.54) is 5.56 Å². The molecule has 7 nitrogen and oxygen atoms in total. The molecule has 2 heterocycles. The molecule has 4 rings (SSSR count). The molecule has 2 N–H and O–H groups in total. The molecule has 0 radical (unpaired) electrons. The Hall–Kier alpha value is -3.18. The van der Waals surface area contributed by atoms with Crippen molar-refractivity contribution in [2.75, 3.05) is 20.0 Å². The Balaban J connectivity index is 1.66. The molecule has 2 aromatic heterocycles. The number of methoxy groups -OCH3 is 2. The number of fused-ring (bicyclic) bond motifs is 1. The summed E-state index contributed by atoms with van der Waals surface area (Å²) in [5.41, 5.74) is 10.1. The zero-order valence-corrected chi connectivity index (χ0v) is 19.1. The summed E-state index contributed by atoms with van der Waals surface area (Å²) in [4.78, 5) is 18.4. The molecular formula is C22H22AsN5O2. The first kappa shape index (κ1) is 20.1. The van der Waals surface area contributed by atoms with Crippen LogP contribution in [0.3, 0.4) is 0 Å². The van der Waals surface area contributed by atoms with Gasteiger partial charge < -0.3 is 0 Å². The number of ether oxygens (including phenoxy) is 2. The molecule has 0 aliphatic carbocycles. The summed E-state index contributed by atoms with van der Waals surface area (Å²) in [6.45, 7) is 2.20. The van der Waals surface area contributed by atoms with Crippen LogP contribution in [0.4, 0.5) is 5.82 Å². The molecule has 2 aromatic carbocycles. The quantitative estimate of drug-likeness (QED) is 0.439. The number of nitrogens with zero attached hydrogens (tertiary/aromatic N) is 4. The predicted molar refractivity (Wildman–Crippen MR) is 120 cm³/mol. The Morgan fingerprint density at radius 1 is 0.933 bits per heavy atom. The molecule has 4 aromatic rings. The van der Waals surface area contributed by atoms with Crippen LogP contribution < -0.4 is 19.8 Å². The van der Waals surface area contributed by atoms with Gasteiger partial charge in [0.05, 0.1) is 0 Å². The Morgan fingerprint density at radius 3 is 2.43 bits per heavy atom. The van der Waals surface area contributed by atoms with E-state index in [1.54, 1.807) is 20.4 Å². The normalized spacial score (nSPS) is 12.4. The fourth-order valence-corrected chi connectivity index (χ4v) is 5.46. The summed E-state index contributed by atoms with van der Waals surface area (Å²) in [6, 6.07) is 16.0. The summed E-state index contributed by atoms with van der Waals surface area (Å²) in [5.74, 6) is 1.63. The zero-order chi connectivity index (χ0) is 21.1. The van der Waals surface area contributed by atoms with Gasteiger partial charge in [0.1, 0.15) is 0 Å². The van der Waals surface area contributed by atoms with Crippen molar-refractivity contribution in [3.63, 3.8) is 0 Å². The van der Waals surface area contributed by atoms with Crippen LogP contribution in [-0.4, -0.2) is 49.9 Å². The van der Waals surface area contributed by atoms with Crippen molar-refractivity contribution in [2.24, 2.45) is 0 Å². The first-order chi connectivity index (χ1) is 14.6. The fraction of sp³-hybridized carbons (Fsp3) is 0.182. The van der Waals surface area contributed by atoms with E-state index in [0.717, 1.165) is 10.2 Å². The van der Waals surface area contributed by atoms with Gasteiger partial charge in [0, 0.05) is 0 Å². The van der Waals surface area contributed by atoms with Crippen LogP contribution in [0.1, 0.15) is 17.2 Å². The van der Waals surface area contributed by atoms with Crippen molar-refractivity contribution >= 4 is 37.3 Å². The van der Waals surface area contributed by atoms with Crippen LogP contribution in [0.15, 0.2) is 54.7 Å². The molecule has 0 aliphatic heterocycles. The maximum atomic E-state index is 6.24. The average Bonchev–Trinajstić information content (AvgIpc) is 2.79. The van der Waals surface area contributed by atoms with Crippen molar-refractivity contribution < 1.29 is 9.47 Å². The topological polar surface area (TPSA) is 96.0 Å². The Bertz CT molecular complexity index is 1190. The van der Waals surface area contributed by atoms with Crippen molar-refractivity contribution in [1.29, 1.82) is 0 Å². The van der Waals surface area contributed by atoms with Crippen LogP contribution in [0.25, 0.3) is 22.4 Å². The average molecular weight is 463 g/mol. The van der Waals surface area contributed by atoms with Crippen molar-refractivity contribution in [3.8, 4) is 22.8 Å². The third-order valence-electron chi connectivity index (χ3n) is 4.76. The summed E-state index contributed by atoms with van der Waals surface area (Å²) >= 11 is -0.628. The molecule has 0 amide bonds. The van der Waals surface area contributed by atoms with Crippen molar-refractivity contribution in [2.45, 2.75) is 11.6 Å². The van der Waals surface area contributed by atoms with E-state index in [1.807, 2.05) is 24.3 Å². The Kier molecular flexibility index (Phi) is 5.81. The second-order valence-corrected chi connectivity index (χ2v) is 10.1. The van der Waals surface area contributed by atoms with Crippen LogP contribution in [0.2, 0.25) is 0 Å². The number of nitrogen functional groups attached to an aromatic ring is 1. The predicted octanol–water partition coefficient (Wildman–Crippen LogP) is 2.51. The van der Waals surface area contributed by atoms with Gasteiger partial charge in [0.15, 0.2) is 0 Å². The molecule has 0 aliphatic rings. The molecule has 30 heavy (non-hydrogen) atoms. The van der Waals surface area contributed by atoms with Gasteiger partial charge in [-0.1, -0.05) is 0 Å². The van der Waals surface area contributed by atoms with E-state index in [-0.39, 0.29) is 0 Å². The number of anilines is 1. The van der Waals surface area contributed by atoms with Gasteiger partial charge in [-0.3, -0.25) is 0 Å². The molecule has 152 valence electrons. The van der Waals surface area contributed by atoms with Crippen molar-refractivity contribution in [1.82, 2.24) is 19.9 Å². The van der Waals surface area contributed by atoms with Gasteiger partial charge in [-0.25, -0.2) is 0 Å². The number of rotatable bonds is 6. The summed E-state index contributed by atoms with van der Waals surface area (Å²) < 4.78 is 11.8. The minimum absolute atomic E-state index is 0.355. The number of aromatic nitrogens is 4. The van der Waals surface area contributed by atoms with Gasteiger partial charge in [-0.2, -0.15) is 0 Å². The molecule has 0 fully saturated rings. The second kappa shape index (κ2) is 8.67. The zero-order valence-electron chi connectivity index (χ0n) is 17.0. The number of hydrogen-bond acceptors (Lipinski definition) is 7. The standard InChI is InChI=1S/C22H22AsN5O2/c1-13(14-7-5-4-6-8-14)23-22-27-20(24)19-21(28-22)25-12-16(26-19)15-9-10-17(29-2)18(11-15)30-3/h4-13,23H,1-3H3,(H2,24,25,27,28). The maximum absolute atomic E-state index is 6.24. The Morgan fingerprint density at radius 2 is 1.70 bits per heavy atom. The van der Waals surface area contributed by atoms with Crippen LogP contribution in [-0.2, 0) is 0 Å². The van der Waals surface area contributed by atoms with E-state index in [9.17, 15) is 0 Å². The van der Waals surface area contributed by atoms with Gasteiger partial charge in [-0.15, -0.1) is 0 Å². The van der Waals surface area contributed by atoms with Crippen LogP contribution in [0.5, 0.6) is 11.5 Å². The fourth-order valence-electron chi connectivity index (χ4n) is 3.15. The molecular weight excluding hydrogens is 441 g/mol. The Labute approximate surface area is 181 Å². The van der Waals surface area contributed by atoms with Gasteiger partial charge in [0.2, 0.25) is 0 Å². The van der Waals surface area contributed by atoms with Crippen LogP contribution in [0, 0.1) is 0 Å². The molecule has 0 saturated heterocycles. The summed E-state index contributed by atoms with van der Waals surface area (Å²) in [7, 11) is 3.20. The minimum atomic E-state index is -0.628. The summed E-state index contributed by atoms with van der Waals surface area (Å²) in [6.07, 6.45) is 1.69. The van der Waals surface area contributed by atoms with E-state index < -0.39 is 15.8 Å². The van der Waals surface area contributed by atoms with Gasteiger partial charge in [-0.05, 0) is 0 Å². The number of hydrogen-bond donors (Lipinski definition) is 1. The van der Waals surface area contributed by atoms with Crippen molar-refractivity contribution in [3.05, 3.63) is 60.3 Å². The molecule has 2 unspecified atom stereocenters. The van der Waals surface area contributed by atoms with E-state index in [2.05, 4.69) is 51.1 Å². The monoisotopic (exact) mass is 463 g/mol. The van der Waals surface area contributed by atoms with Crippen LogP contribution >= 0.6 is 0 Å².